The van der Waals surface area contributed by atoms with Crippen molar-refractivity contribution in [2.24, 2.45) is 0 Å². The predicted octanol–water partition coefficient (Wildman–Crippen LogP) is 4.41. The Morgan fingerprint density at radius 3 is 2.77 bits per heavy atom. The van der Waals surface area contributed by atoms with Crippen LogP contribution in [0.3, 0.4) is 0 Å². The molecule has 1 aromatic carbocycles. The van der Waals surface area contributed by atoms with Crippen molar-refractivity contribution in [3.8, 4) is 10.6 Å². The highest BCUT2D eigenvalue weighted by Gasteiger charge is 2.30. The van der Waals surface area contributed by atoms with E-state index < -0.39 is 17.7 Å². The molecule has 0 unspecified atom stereocenters. The predicted molar refractivity (Wildman–Crippen MR) is 90.9 cm³/mol. The molecular formula is C17H12F3N3O2S. The van der Waals surface area contributed by atoms with E-state index in [1.54, 1.807) is 12.1 Å². The molecule has 2 heterocycles. The van der Waals surface area contributed by atoms with Crippen molar-refractivity contribution >= 4 is 23.4 Å². The maximum Gasteiger partial charge on any atom is 0.416 e. The molecule has 1 N–H and O–H groups in total. The molecule has 0 bridgehead atoms. The van der Waals surface area contributed by atoms with E-state index in [9.17, 15) is 18.0 Å². The average Bonchev–Trinajstić information content (AvgIpc) is 3.21. The summed E-state index contributed by atoms with van der Waals surface area (Å²) in [5, 5.41) is 13.3. The molecule has 0 atom stereocenters. The van der Waals surface area contributed by atoms with Gasteiger partial charge in [0, 0.05) is 11.8 Å². The fourth-order valence-electron chi connectivity index (χ4n) is 2.30. The van der Waals surface area contributed by atoms with Crippen LogP contribution in [0, 0.1) is 0 Å². The van der Waals surface area contributed by atoms with Crippen molar-refractivity contribution in [1.82, 2.24) is 14.8 Å². The zero-order chi connectivity index (χ0) is 18.9. The van der Waals surface area contributed by atoms with Crippen LogP contribution >= 0.6 is 11.3 Å². The van der Waals surface area contributed by atoms with Gasteiger partial charge in [0.15, 0.2) is 0 Å². The van der Waals surface area contributed by atoms with Gasteiger partial charge >= 0.3 is 12.1 Å². The van der Waals surface area contributed by atoms with E-state index >= 15 is 0 Å². The largest absolute Gasteiger partial charge is 0.478 e. The number of benzene rings is 1. The number of halogens is 3. The maximum absolute atomic E-state index is 12.9. The summed E-state index contributed by atoms with van der Waals surface area (Å²) in [6, 6.07) is 4.94. The maximum atomic E-state index is 12.9. The van der Waals surface area contributed by atoms with Crippen molar-refractivity contribution in [1.29, 1.82) is 0 Å². The number of nitrogens with zero attached hydrogens (tertiary/aromatic N) is 3. The van der Waals surface area contributed by atoms with Gasteiger partial charge in [-0.1, -0.05) is 24.8 Å². The van der Waals surface area contributed by atoms with Crippen molar-refractivity contribution in [3.05, 3.63) is 64.9 Å². The lowest BCUT2D eigenvalue weighted by Crippen LogP contribution is -2.04. The Morgan fingerprint density at radius 1 is 1.38 bits per heavy atom. The molecule has 0 saturated carbocycles. The number of alkyl halides is 3. The van der Waals surface area contributed by atoms with Gasteiger partial charge in [0.05, 0.1) is 34.4 Å². The first-order valence-electron chi connectivity index (χ1n) is 7.33. The van der Waals surface area contributed by atoms with Crippen LogP contribution in [0.15, 0.2) is 43.2 Å². The molecule has 2 aromatic heterocycles. The van der Waals surface area contributed by atoms with Crippen LogP contribution in [0.1, 0.15) is 26.5 Å². The summed E-state index contributed by atoms with van der Waals surface area (Å²) in [7, 11) is 0. The highest BCUT2D eigenvalue weighted by atomic mass is 32.1. The van der Waals surface area contributed by atoms with Gasteiger partial charge in [0.1, 0.15) is 5.01 Å². The summed E-state index contributed by atoms with van der Waals surface area (Å²) in [4.78, 5) is 16.0. The van der Waals surface area contributed by atoms with E-state index in [0.717, 1.165) is 12.1 Å². The molecule has 0 spiro atoms. The summed E-state index contributed by atoms with van der Waals surface area (Å²) >= 11 is 1.21. The summed E-state index contributed by atoms with van der Waals surface area (Å²) in [6.45, 7) is 3.88. The van der Waals surface area contributed by atoms with E-state index in [1.807, 2.05) is 0 Å². The third-order valence-electron chi connectivity index (χ3n) is 3.54. The first-order valence-corrected chi connectivity index (χ1v) is 8.15. The molecule has 0 fully saturated rings. The minimum atomic E-state index is -4.43. The van der Waals surface area contributed by atoms with Gasteiger partial charge in [-0.2, -0.15) is 18.3 Å². The smallest absolute Gasteiger partial charge is 0.416 e. The molecule has 0 aliphatic carbocycles. The van der Waals surface area contributed by atoms with Gasteiger partial charge < -0.3 is 5.11 Å². The van der Waals surface area contributed by atoms with Gasteiger partial charge in [-0.25, -0.2) is 9.78 Å². The van der Waals surface area contributed by atoms with Gasteiger partial charge in [0.25, 0.3) is 0 Å². The van der Waals surface area contributed by atoms with Crippen LogP contribution < -0.4 is 0 Å². The Bertz CT molecular complexity index is 976. The second kappa shape index (κ2) is 6.75. The van der Waals surface area contributed by atoms with E-state index in [4.69, 9.17) is 5.11 Å². The fourth-order valence-corrected chi connectivity index (χ4v) is 3.22. The highest BCUT2D eigenvalue weighted by molar-refractivity contribution is 7.16. The average molecular weight is 379 g/mol. The van der Waals surface area contributed by atoms with Crippen LogP contribution in [0.4, 0.5) is 13.2 Å². The summed E-state index contributed by atoms with van der Waals surface area (Å²) < 4.78 is 40.1. The molecule has 0 amide bonds. The van der Waals surface area contributed by atoms with Crippen LogP contribution in [-0.4, -0.2) is 25.8 Å². The van der Waals surface area contributed by atoms with E-state index in [1.165, 1.54) is 34.5 Å². The van der Waals surface area contributed by atoms with Gasteiger partial charge in [-0.05, 0) is 12.1 Å². The standard InChI is InChI=1S/C17H12F3N3O2S/c1-2-14-13(9-23-8-11(7-21-23)16(24)25)22-15(26-14)10-4-3-5-12(6-10)17(18,19)20/h2-8H,1,9H2,(H,24,25). The molecule has 3 rings (SSSR count). The number of rotatable bonds is 5. The minimum Gasteiger partial charge on any atom is -0.478 e. The SMILES string of the molecule is C=Cc1sc(-c2cccc(C(F)(F)F)c2)nc1Cn1cc(C(=O)O)cn1. The number of carbonyl (C=O) groups is 1. The molecule has 9 heteroatoms. The summed E-state index contributed by atoms with van der Waals surface area (Å²) in [6.07, 6.45) is -0.292. The number of aromatic nitrogens is 3. The van der Waals surface area contributed by atoms with Gasteiger partial charge in [-0.15, -0.1) is 11.3 Å². The molecule has 26 heavy (non-hydrogen) atoms. The molecular weight excluding hydrogens is 367 g/mol. The Hall–Kier alpha value is -2.94. The van der Waals surface area contributed by atoms with Gasteiger partial charge in [-0.3, -0.25) is 4.68 Å². The van der Waals surface area contributed by atoms with Crippen LogP contribution in [0.25, 0.3) is 16.6 Å². The Balaban J connectivity index is 1.94. The molecule has 0 aliphatic rings. The van der Waals surface area contributed by atoms with E-state index in [0.29, 0.717) is 21.1 Å². The lowest BCUT2D eigenvalue weighted by atomic mass is 10.1. The Labute approximate surface area is 150 Å². The first kappa shape index (κ1) is 17.9. The Morgan fingerprint density at radius 2 is 2.15 bits per heavy atom. The highest BCUT2D eigenvalue weighted by Crippen LogP contribution is 2.34. The van der Waals surface area contributed by atoms with Crippen LogP contribution in [0.2, 0.25) is 0 Å². The van der Waals surface area contributed by atoms with Crippen LogP contribution in [0.5, 0.6) is 0 Å². The first-order chi connectivity index (χ1) is 12.3. The monoisotopic (exact) mass is 379 g/mol. The molecule has 3 aromatic rings. The molecule has 5 nitrogen and oxygen atoms in total. The van der Waals surface area contributed by atoms with Crippen molar-refractivity contribution < 1.29 is 23.1 Å². The molecule has 0 radical (unpaired) electrons. The number of thiazole rings is 1. The van der Waals surface area contributed by atoms with Crippen molar-refractivity contribution in [2.45, 2.75) is 12.7 Å². The lowest BCUT2D eigenvalue weighted by Gasteiger charge is -2.07. The van der Waals surface area contributed by atoms with Gasteiger partial charge in [0.2, 0.25) is 0 Å². The normalized spacial score (nSPS) is 11.5. The molecule has 0 saturated heterocycles. The van der Waals surface area contributed by atoms with E-state index in [2.05, 4.69) is 16.7 Å². The van der Waals surface area contributed by atoms with Crippen LogP contribution in [-0.2, 0) is 12.7 Å². The zero-order valence-corrected chi connectivity index (χ0v) is 14.0. The molecule has 0 aliphatic heterocycles. The number of aromatic carboxylic acids is 1. The number of carboxylic acid groups (broad SMARTS) is 1. The summed E-state index contributed by atoms with van der Waals surface area (Å²) in [5.41, 5.74) is 0.201. The number of carboxylic acids is 1. The number of hydrogen-bond donors (Lipinski definition) is 1. The van der Waals surface area contributed by atoms with E-state index in [-0.39, 0.29) is 12.1 Å². The Kier molecular flexibility index (Phi) is 4.64. The summed E-state index contributed by atoms with van der Waals surface area (Å²) in [5.74, 6) is -1.09. The molecule has 134 valence electrons. The number of hydrogen-bond acceptors (Lipinski definition) is 4. The second-order valence-corrected chi connectivity index (χ2v) is 6.38. The topological polar surface area (TPSA) is 68.0 Å². The fraction of sp³-hybridized carbons (Fsp3) is 0.118. The third kappa shape index (κ3) is 3.67. The second-order valence-electron chi connectivity index (χ2n) is 5.34. The lowest BCUT2D eigenvalue weighted by molar-refractivity contribution is -0.137. The minimum absolute atomic E-state index is 0.0403. The zero-order valence-electron chi connectivity index (χ0n) is 13.2. The van der Waals surface area contributed by atoms with Crippen molar-refractivity contribution in [2.75, 3.05) is 0 Å². The third-order valence-corrected chi connectivity index (χ3v) is 4.68. The van der Waals surface area contributed by atoms with Crippen molar-refractivity contribution in [3.63, 3.8) is 0 Å². The quantitative estimate of drug-likeness (QED) is 0.713.